The Morgan fingerprint density at radius 3 is 1.65 bits per heavy atom. The first-order chi connectivity index (χ1) is 11.3. The third kappa shape index (κ3) is 1.41. The van der Waals surface area contributed by atoms with Gasteiger partial charge in [0, 0.05) is 11.1 Å². The van der Waals surface area contributed by atoms with Crippen LogP contribution in [0.4, 0.5) is 0 Å². The Hall–Kier alpha value is -2.42. The van der Waals surface area contributed by atoms with Crippen molar-refractivity contribution in [3.8, 4) is 11.1 Å². The maximum Gasteiger partial charge on any atom is 0.190 e. The average Bonchev–Trinajstić information content (AvgIpc) is 2.94. The van der Waals surface area contributed by atoms with Crippen molar-refractivity contribution in [1.29, 1.82) is 0 Å². The molecule has 0 radical (unpaired) electrons. The minimum Gasteiger partial charge on any atom is -0.220 e. The SMILES string of the molecule is CC1(c2ccccc2)OOC12c1ccccc1-c1ccccc12. The molecular weight excluding hydrogens is 284 g/mol. The number of hydrogen-bond donors (Lipinski definition) is 0. The van der Waals surface area contributed by atoms with Crippen molar-refractivity contribution in [2.45, 2.75) is 18.1 Å². The molecule has 1 aliphatic heterocycles. The summed E-state index contributed by atoms with van der Waals surface area (Å²) in [5.41, 5.74) is 4.82. The summed E-state index contributed by atoms with van der Waals surface area (Å²) in [7, 11) is 0. The van der Waals surface area contributed by atoms with Crippen LogP contribution in [0, 0.1) is 0 Å². The number of rotatable bonds is 1. The average molecular weight is 300 g/mol. The van der Waals surface area contributed by atoms with Gasteiger partial charge in [-0.25, -0.2) is 9.78 Å². The zero-order chi connectivity index (χ0) is 15.5. The van der Waals surface area contributed by atoms with Crippen molar-refractivity contribution in [1.82, 2.24) is 0 Å². The monoisotopic (exact) mass is 300 g/mol. The summed E-state index contributed by atoms with van der Waals surface area (Å²) >= 11 is 0. The van der Waals surface area contributed by atoms with Crippen LogP contribution in [0.3, 0.4) is 0 Å². The van der Waals surface area contributed by atoms with Crippen LogP contribution < -0.4 is 0 Å². The van der Waals surface area contributed by atoms with E-state index in [9.17, 15) is 0 Å². The third-order valence-electron chi connectivity index (χ3n) is 5.23. The van der Waals surface area contributed by atoms with Crippen LogP contribution in [0.5, 0.6) is 0 Å². The van der Waals surface area contributed by atoms with Crippen LogP contribution in [0.1, 0.15) is 23.6 Å². The Balaban J connectivity index is 1.83. The molecule has 0 N–H and O–H groups in total. The Morgan fingerprint density at radius 2 is 1.13 bits per heavy atom. The fraction of sp³-hybridized carbons (Fsp3) is 0.143. The molecule has 1 heterocycles. The first-order valence-electron chi connectivity index (χ1n) is 7.89. The molecule has 5 rings (SSSR count). The van der Waals surface area contributed by atoms with Gasteiger partial charge in [0.05, 0.1) is 0 Å². The zero-order valence-electron chi connectivity index (χ0n) is 12.8. The van der Waals surface area contributed by atoms with Gasteiger partial charge in [-0.15, -0.1) is 0 Å². The predicted octanol–water partition coefficient (Wildman–Crippen LogP) is 4.79. The van der Waals surface area contributed by atoms with E-state index >= 15 is 0 Å². The van der Waals surface area contributed by atoms with Crippen LogP contribution in [0.15, 0.2) is 78.9 Å². The van der Waals surface area contributed by atoms with Gasteiger partial charge in [-0.3, -0.25) is 0 Å². The summed E-state index contributed by atoms with van der Waals surface area (Å²) in [5, 5.41) is 0. The lowest BCUT2D eigenvalue weighted by molar-refractivity contribution is -0.553. The van der Waals surface area contributed by atoms with E-state index in [-0.39, 0.29) is 0 Å². The van der Waals surface area contributed by atoms with Crippen LogP contribution in [-0.4, -0.2) is 0 Å². The fourth-order valence-electron chi connectivity index (χ4n) is 4.06. The van der Waals surface area contributed by atoms with E-state index in [0.717, 1.165) is 5.56 Å². The van der Waals surface area contributed by atoms with Crippen LogP contribution in [-0.2, 0) is 21.0 Å². The zero-order valence-corrected chi connectivity index (χ0v) is 12.8. The second-order valence-electron chi connectivity index (χ2n) is 6.34. The van der Waals surface area contributed by atoms with E-state index in [1.807, 2.05) is 18.2 Å². The minimum absolute atomic E-state index is 0.545. The van der Waals surface area contributed by atoms with Crippen molar-refractivity contribution in [3.63, 3.8) is 0 Å². The van der Waals surface area contributed by atoms with Gasteiger partial charge in [-0.2, -0.15) is 0 Å². The summed E-state index contributed by atoms with van der Waals surface area (Å²) in [4.78, 5) is 11.7. The second kappa shape index (κ2) is 4.31. The molecule has 112 valence electrons. The second-order valence-corrected chi connectivity index (χ2v) is 6.34. The van der Waals surface area contributed by atoms with Gasteiger partial charge < -0.3 is 0 Å². The molecule has 1 atom stereocenters. The molecule has 1 saturated heterocycles. The first kappa shape index (κ1) is 13.1. The summed E-state index contributed by atoms with van der Waals surface area (Å²) in [6.45, 7) is 2.12. The Labute approximate surface area is 135 Å². The van der Waals surface area contributed by atoms with Crippen molar-refractivity contribution in [2.24, 2.45) is 0 Å². The van der Waals surface area contributed by atoms with E-state index in [4.69, 9.17) is 9.78 Å². The van der Waals surface area contributed by atoms with Gasteiger partial charge in [0.25, 0.3) is 0 Å². The highest BCUT2D eigenvalue weighted by molar-refractivity contribution is 5.81. The summed E-state index contributed by atoms with van der Waals surface area (Å²) in [5.74, 6) is 0. The maximum atomic E-state index is 5.90. The topological polar surface area (TPSA) is 18.5 Å². The van der Waals surface area contributed by atoms with Gasteiger partial charge >= 0.3 is 0 Å². The lowest BCUT2D eigenvalue weighted by atomic mass is 9.71. The number of fused-ring (bicyclic) bond motifs is 5. The molecule has 2 aliphatic rings. The highest BCUT2D eigenvalue weighted by atomic mass is 17.3. The molecule has 23 heavy (non-hydrogen) atoms. The molecule has 3 aromatic rings. The molecule has 2 nitrogen and oxygen atoms in total. The molecule has 0 bridgehead atoms. The molecule has 0 aromatic heterocycles. The molecular formula is C21H16O2. The molecule has 3 aromatic carbocycles. The van der Waals surface area contributed by atoms with Crippen LogP contribution >= 0.6 is 0 Å². The maximum absolute atomic E-state index is 5.90. The summed E-state index contributed by atoms with van der Waals surface area (Å²) < 4.78 is 0. The standard InChI is InChI=1S/C21H16O2/c1-20(15-9-3-2-4-10-15)21(23-22-20)18-13-7-5-11-16(18)17-12-6-8-14-19(17)21/h2-14H,1H3. The molecule has 2 heteroatoms. The van der Waals surface area contributed by atoms with E-state index in [0.29, 0.717) is 0 Å². The van der Waals surface area contributed by atoms with E-state index < -0.39 is 11.2 Å². The molecule has 1 aliphatic carbocycles. The van der Waals surface area contributed by atoms with E-state index in [1.54, 1.807) is 0 Å². The lowest BCUT2D eigenvalue weighted by Gasteiger charge is -2.54. The highest BCUT2D eigenvalue weighted by Gasteiger charge is 2.67. The lowest BCUT2D eigenvalue weighted by Crippen LogP contribution is -2.60. The fourth-order valence-corrected chi connectivity index (χ4v) is 4.06. The molecule has 1 unspecified atom stereocenters. The van der Waals surface area contributed by atoms with Gasteiger partial charge in [0.15, 0.2) is 11.2 Å². The van der Waals surface area contributed by atoms with Crippen molar-refractivity contribution < 1.29 is 9.78 Å². The molecule has 0 saturated carbocycles. The first-order valence-corrected chi connectivity index (χ1v) is 7.89. The van der Waals surface area contributed by atoms with Crippen molar-refractivity contribution >= 4 is 0 Å². The number of benzene rings is 3. The van der Waals surface area contributed by atoms with Crippen LogP contribution in [0.25, 0.3) is 11.1 Å². The summed E-state index contributed by atoms with van der Waals surface area (Å²) in [6, 6.07) is 27.2. The Kier molecular flexibility index (Phi) is 2.45. The third-order valence-corrected chi connectivity index (χ3v) is 5.23. The predicted molar refractivity (Wildman–Crippen MR) is 88.6 cm³/mol. The Morgan fingerprint density at radius 1 is 0.609 bits per heavy atom. The minimum atomic E-state index is -0.582. The largest absolute Gasteiger partial charge is 0.220 e. The molecule has 1 spiro atoms. The van der Waals surface area contributed by atoms with E-state index in [1.165, 1.54) is 22.3 Å². The van der Waals surface area contributed by atoms with Gasteiger partial charge in [0.1, 0.15) is 0 Å². The van der Waals surface area contributed by atoms with Gasteiger partial charge in [-0.1, -0.05) is 78.9 Å². The summed E-state index contributed by atoms with van der Waals surface area (Å²) in [6.07, 6.45) is 0. The Bertz CT molecular complexity index is 855. The molecule has 1 fully saturated rings. The highest BCUT2D eigenvalue weighted by Crippen LogP contribution is 2.64. The van der Waals surface area contributed by atoms with Crippen molar-refractivity contribution in [2.75, 3.05) is 0 Å². The van der Waals surface area contributed by atoms with Gasteiger partial charge in [0.2, 0.25) is 0 Å². The van der Waals surface area contributed by atoms with Crippen molar-refractivity contribution in [3.05, 3.63) is 95.6 Å². The van der Waals surface area contributed by atoms with Gasteiger partial charge in [-0.05, 0) is 23.6 Å². The smallest absolute Gasteiger partial charge is 0.190 e. The quantitative estimate of drug-likeness (QED) is 0.602. The van der Waals surface area contributed by atoms with Crippen LogP contribution in [0.2, 0.25) is 0 Å². The van der Waals surface area contributed by atoms with E-state index in [2.05, 4.69) is 67.6 Å². The normalized spacial score (nSPS) is 23.2. The number of hydrogen-bond acceptors (Lipinski definition) is 2. The molecule has 0 amide bonds.